The van der Waals surface area contributed by atoms with E-state index < -0.39 is 17.7 Å². The Kier molecular flexibility index (Phi) is 7.61. The molecule has 0 aliphatic heterocycles. The third kappa shape index (κ3) is 6.06. The number of ether oxygens (including phenoxy) is 1. The van der Waals surface area contributed by atoms with Crippen LogP contribution in [0.4, 0.5) is 10.5 Å². The molecule has 2 amide bonds. The monoisotopic (exact) mass is 531 g/mol. The number of hydrogen-bond donors (Lipinski definition) is 2. The SMILES string of the molecule is C#CCN(C(=O)OCCC(O)c1ccc2c(NC(=O)CC34CC5CC(CC(C5)C3)C4)cccc2n1)C(C)(C)C. The fourth-order valence-electron chi connectivity index (χ4n) is 7.66. The first-order valence-corrected chi connectivity index (χ1v) is 14.3. The Hall–Kier alpha value is -3.11. The minimum Gasteiger partial charge on any atom is -0.449 e. The number of fused-ring (bicyclic) bond motifs is 1. The molecule has 1 aromatic carbocycles. The first-order valence-electron chi connectivity index (χ1n) is 14.3. The summed E-state index contributed by atoms with van der Waals surface area (Å²) in [6, 6.07) is 9.32. The molecule has 0 saturated heterocycles. The second-order valence-corrected chi connectivity index (χ2v) is 13.1. The minimum absolute atomic E-state index is 0.0390. The van der Waals surface area contributed by atoms with Gasteiger partial charge in [0.15, 0.2) is 0 Å². The summed E-state index contributed by atoms with van der Waals surface area (Å²) in [5.74, 6) is 5.03. The number of carbonyl (C=O) groups excluding carboxylic acids is 2. The predicted octanol–water partition coefficient (Wildman–Crippen LogP) is 6.07. The van der Waals surface area contributed by atoms with Gasteiger partial charge in [-0.2, -0.15) is 0 Å². The summed E-state index contributed by atoms with van der Waals surface area (Å²) in [7, 11) is 0. The van der Waals surface area contributed by atoms with Gasteiger partial charge in [0.2, 0.25) is 5.91 Å². The third-order valence-corrected chi connectivity index (χ3v) is 8.97. The zero-order valence-corrected chi connectivity index (χ0v) is 23.4. The van der Waals surface area contributed by atoms with Gasteiger partial charge in [-0.3, -0.25) is 9.69 Å². The van der Waals surface area contributed by atoms with Crippen LogP contribution in [0.1, 0.15) is 83.9 Å². The molecule has 2 N–H and O–H groups in total. The second-order valence-electron chi connectivity index (χ2n) is 13.1. The largest absolute Gasteiger partial charge is 0.449 e. The lowest BCUT2D eigenvalue weighted by Gasteiger charge is -2.56. The van der Waals surface area contributed by atoms with Gasteiger partial charge < -0.3 is 15.2 Å². The van der Waals surface area contributed by atoms with Crippen molar-refractivity contribution in [2.24, 2.45) is 23.2 Å². The van der Waals surface area contributed by atoms with Gasteiger partial charge in [-0.05, 0) is 107 Å². The third-order valence-electron chi connectivity index (χ3n) is 8.97. The molecule has 1 unspecified atom stereocenters. The van der Waals surface area contributed by atoms with Crippen molar-refractivity contribution in [1.29, 1.82) is 0 Å². The molecule has 208 valence electrons. The summed E-state index contributed by atoms with van der Waals surface area (Å²) < 4.78 is 5.38. The van der Waals surface area contributed by atoms with E-state index >= 15 is 0 Å². The molecule has 4 aliphatic rings. The van der Waals surface area contributed by atoms with E-state index in [1.807, 2.05) is 45.0 Å². The van der Waals surface area contributed by atoms with Crippen LogP contribution in [0.25, 0.3) is 10.9 Å². The number of amides is 2. The fourth-order valence-corrected chi connectivity index (χ4v) is 7.66. The first kappa shape index (κ1) is 27.5. The average Bonchev–Trinajstić information content (AvgIpc) is 2.85. The van der Waals surface area contributed by atoms with E-state index in [1.54, 1.807) is 6.07 Å². The topological polar surface area (TPSA) is 91.8 Å². The van der Waals surface area contributed by atoms with Gasteiger partial charge in [0.05, 0.1) is 36.2 Å². The summed E-state index contributed by atoms with van der Waals surface area (Å²) in [4.78, 5) is 31.8. The summed E-state index contributed by atoms with van der Waals surface area (Å²) >= 11 is 0. The van der Waals surface area contributed by atoms with Gasteiger partial charge in [0, 0.05) is 23.8 Å². The van der Waals surface area contributed by atoms with Crippen molar-refractivity contribution in [3.8, 4) is 12.3 Å². The Morgan fingerprint density at radius 2 is 1.82 bits per heavy atom. The number of terminal acetylenes is 1. The van der Waals surface area contributed by atoms with Crippen LogP contribution in [0.15, 0.2) is 30.3 Å². The molecule has 1 heterocycles. The highest BCUT2D eigenvalue weighted by atomic mass is 16.6. The lowest BCUT2D eigenvalue weighted by Crippen LogP contribution is -2.47. The zero-order chi connectivity index (χ0) is 27.8. The van der Waals surface area contributed by atoms with E-state index in [0.29, 0.717) is 17.6 Å². The van der Waals surface area contributed by atoms with E-state index in [-0.39, 0.29) is 30.9 Å². The fraction of sp³-hybridized carbons (Fsp3) is 0.594. The molecule has 4 fully saturated rings. The van der Waals surface area contributed by atoms with Crippen molar-refractivity contribution in [3.05, 3.63) is 36.0 Å². The molecule has 4 saturated carbocycles. The average molecular weight is 532 g/mol. The molecular weight excluding hydrogens is 490 g/mol. The van der Waals surface area contributed by atoms with E-state index in [1.165, 1.54) is 43.4 Å². The van der Waals surface area contributed by atoms with Crippen molar-refractivity contribution in [3.63, 3.8) is 0 Å². The molecule has 39 heavy (non-hydrogen) atoms. The molecule has 4 aliphatic carbocycles. The Balaban J connectivity index is 1.19. The maximum atomic E-state index is 13.2. The van der Waals surface area contributed by atoms with E-state index in [4.69, 9.17) is 11.2 Å². The van der Waals surface area contributed by atoms with E-state index in [9.17, 15) is 14.7 Å². The quantitative estimate of drug-likeness (QED) is 0.403. The molecule has 7 nitrogen and oxygen atoms in total. The van der Waals surface area contributed by atoms with Crippen LogP contribution in [0.2, 0.25) is 0 Å². The zero-order valence-electron chi connectivity index (χ0n) is 23.4. The number of aromatic nitrogens is 1. The van der Waals surface area contributed by atoms with Gasteiger partial charge in [0.1, 0.15) is 0 Å². The molecule has 0 spiro atoms. The highest BCUT2D eigenvalue weighted by Gasteiger charge is 2.51. The number of hydrogen-bond acceptors (Lipinski definition) is 5. The number of aliphatic hydroxyl groups excluding tert-OH is 1. The lowest BCUT2D eigenvalue weighted by molar-refractivity contribution is -0.124. The van der Waals surface area contributed by atoms with Crippen molar-refractivity contribution in [2.45, 2.75) is 83.8 Å². The lowest BCUT2D eigenvalue weighted by atomic mass is 9.49. The molecule has 4 bridgehead atoms. The summed E-state index contributed by atoms with van der Waals surface area (Å²) in [5.41, 5.74) is 1.66. The second kappa shape index (κ2) is 10.8. The number of nitrogens with zero attached hydrogens (tertiary/aromatic N) is 2. The number of carbonyl (C=O) groups is 2. The van der Waals surface area contributed by atoms with Crippen LogP contribution in [-0.4, -0.2) is 45.7 Å². The van der Waals surface area contributed by atoms with Crippen LogP contribution in [0.5, 0.6) is 0 Å². The van der Waals surface area contributed by atoms with Crippen molar-refractivity contribution < 1.29 is 19.4 Å². The number of aliphatic hydroxyl groups is 1. The minimum atomic E-state index is -0.896. The van der Waals surface area contributed by atoms with Crippen LogP contribution in [0, 0.1) is 35.5 Å². The predicted molar refractivity (Wildman–Crippen MR) is 152 cm³/mol. The van der Waals surface area contributed by atoms with Crippen LogP contribution < -0.4 is 5.32 Å². The standard InChI is InChI=1S/C32H41N3O4/c1-5-12-35(31(2,3)4)30(38)39-13-11-28(36)27-10-9-24-25(33-27)7-6-8-26(24)34-29(37)20-32-17-21-14-22(18-32)16-23(15-21)19-32/h1,6-10,21-23,28,36H,11-20H2,2-4H3,(H,34,37). The normalized spacial score (nSPS) is 26.2. The highest BCUT2D eigenvalue weighted by molar-refractivity contribution is 6.01. The summed E-state index contributed by atoms with van der Waals surface area (Å²) in [5, 5.41) is 14.7. The number of rotatable bonds is 8. The number of anilines is 1. The highest BCUT2D eigenvalue weighted by Crippen LogP contribution is 2.61. The first-order chi connectivity index (χ1) is 18.5. The van der Waals surface area contributed by atoms with Crippen LogP contribution >= 0.6 is 0 Å². The van der Waals surface area contributed by atoms with Crippen molar-refractivity contribution in [1.82, 2.24) is 9.88 Å². The number of benzene rings is 1. The Morgan fingerprint density at radius 1 is 1.15 bits per heavy atom. The van der Waals surface area contributed by atoms with Gasteiger partial charge in [-0.1, -0.05) is 12.0 Å². The smallest absolute Gasteiger partial charge is 0.410 e. The van der Waals surface area contributed by atoms with E-state index in [0.717, 1.165) is 28.8 Å². The number of nitrogens with one attached hydrogen (secondary N) is 1. The Morgan fingerprint density at radius 3 is 2.44 bits per heavy atom. The van der Waals surface area contributed by atoms with Crippen molar-refractivity contribution in [2.75, 3.05) is 18.5 Å². The molecule has 2 aromatic rings. The molecule has 0 radical (unpaired) electrons. The van der Waals surface area contributed by atoms with Crippen LogP contribution in [-0.2, 0) is 9.53 Å². The number of pyridine rings is 1. The maximum absolute atomic E-state index is 13.2. The van der Waals surface area contributed by atoms with Crippen molar-refractivity contribution >= 4 is 28.6 Å². The molecule has 6 rings (SSSR count). The Labute approximate surface area is 231 Å². The van der Waals surface area contributed by atoms with Crippen LogP contribution in [0.3, 0.4) is 0 Å². The maximum Gasteiger partial charge on any atom is 0.410 e. The Bertz CT molecular complexity index is 1240. The van der Waals surface area contributed by atoms with Gasteiger partial charge in [-0.25, -0.2) is 9.78 Å². The molecule has 1 atom stereocenters. The molecular formula is C32H41N3O4. The molecule has 7 heteroatoms. The molecule has 1 aromatic heterocycles. The van der Waals surface area contributed by atoms with Gasteiger partial charge >= 0.3 is 6.09 Å². The summed E-state index contributed by atoms with van der Waals surface area (Å²) in [6.45, 7) is 5.85. The summed E-state index contributed by atoms with van der Waals surface area (Å²) in [6.07, 6.45) is 12.5. The van der Waals surface area contributed by atoms with Gasteiger partial charge in [0.25, 0.3) is 0 Å². The van der Waals surface area contributed by atoms with Gasteiger partial charge in [-0.15, -0.1) is 6.42 Å². The van der Waals surface area contributed by atoms with E-state index in [2.05, 4.69) is 16.2 Å².